The summed E-state index contributed by atoms with van der Waals surface area (Å²) in [5, 5.41) is 6.07. The predicted molar refractivity (Wildman–Crippen MR) is 54.4 cm³/mol. The molecular weight excluding hydrogens is 182 g/mol. The lowest BCUT2D eigenvalue weighted by molar-refractivity contribution is 0.555. The zero-order valence-electron chi connectivity index (χ0n) is 7.76. The van der Waals surface area contributed by atoms with Crippen molar-refractivity contribution in [1.29, 1.82) is 0 Å². The number of hydrogen-bond donors (Lipinski definition) is 3. The Hall–Kier alpha value is -1.75. The van der Waals surface area contributed by atoms with Gasteiger partial charge in [-0.15, -0.1) is 0 Å². The van der Waals surface area contributed by atoms with Gasteiger partial charge in [0.25, 0.3) is 0 Å². The van der Waals surface area contributed by atoms with E-state index in [9.17, 15) is 4.79 Å². The second-order valence-electron chi connectivity index (χ2n) is 2.93. The van der Waals surface area contributed by atoms with Gasteiger partial charge in [-0.2, -0.15) is 0 Å². The largest absolute Gasteiger partial charge is 0.417 e. The number of rotatable bonds is 3. The van der Waals surface area contributed by atoms with Crippen molar-refractivity contribution in [2.24, 2.45) is 0 Å². The van der Waals surface area contributed by atoms with Crippen molar-refractivity contribution in [3.63, 3.8) is 0 Å². The summed E-state index contributed by atoms with van der Waals surface area (Å²) in [6.45, 7) is 0.667. The Morgan fingerprint density at radius 1 is 1.50 bits per heavy atom. The van der Waals surface area contributed by atoms with Crippen molar-refractivity contribution in [1.82, 2.24) is 10.3 Å². The van der Waals surface area contributed by atoms with E-state index < -0.39 is 5.76 Å². The number of hydrogen-bond acceptors (Lipinski definition) is 4. The number of benzene rings is 1. The Morgan fingerprint density at radius 2 is 2.36 bits per heavy atom. The highest BCUT2D eigenvalue weighted by atomic mass is 16.4. The molecule has 1 aromatic carbocycles. The van der Waals surface area contributed by atoms with Crippen molar-refractivity contribution < 1.29 is 4.42 Å². The van der Waals surface area contributed by atoms with E-state index in [4.69, 9.17) is 4.42 Å². The first kappa shape index (κ1) is 8.83. The Labute approximate surface area is 80.1 Å². The molecule has 14 heavy (non-hydrogen) atoms. The third-order valence-corrected chi connectivity index (χ3v) is 1.89. The highest BCUT2D eigenvalue weighted by Crippen LogP contribution is 2.15. The summed E-state index contributed by atoms with van der Waals surface area (Å²) < 4.78 is 4.92. The predicted octanol–water partition coefficient (Wildman–Crippen LogP) is 0.710. The fourth-order valence-corrected chi connectivity index (χ4v) is 1.25. The average molecular weight is 193 g/mol. The van der Waals surface area contributed by atoms with Gasteiger partial charge in [0.05, 0.1) is 12.2 Å². The molecule has 0 aliphatic carbocycles. The normalized spacial score (nSPS) is 10.6. The molecule has 1 aromatic heterocycles. The van der Waals surface area contributed by atoms with E-state index in [1.807, 2.05) is 13.1 Å². The maximum absolute atomic E-state index is 10.9. The van der Waals surface area contributed by atoms with Gasteiger partial charge in [0.2, 0.25) is 0 Å². The van der Waals surface area contributed by atoms with Gasteiger partial charge >= 0.3 is 5.76 Å². The Kier molecular flexibility index (Phi) is 2.24. The van der Waals surface area contributed by atoms with E-state index in [1.165, 1.54) is 0 Å². The zero-order valence-corrected chi connectivity index (χ0v) is 7.76. The minimum atomic E-state index is -0.425. The van der Waals surface area contributed by atoms with E-state index in [0.717, 1.165) is 5.69 Å². The minimum absolute atomic E-state index is 0.425. The first-order chi connectivity index (χ1) is 6.79. The van der Waals surface area contributed by atoms with E-state index in [-0.39, 0.29) is 0 Å². The molecule has 0 aliphatic heterocycles. The summed E-state index contributed by atoms with van der Waals surface area (Å²) in [6, 6.07) is 5.47. The van der Waals surface area contributed by atoms with Crippen molar-refractivity contribution in [3.05, 3.63) is 28.7 Å². The third-order valence-electron chi connectivity index (χ3n) is 1.89. The Morgan fingerprint density at radius 3 is 3.14 bits per heavy atom. The smallest absolute Gasteiger partial charge is 0.408 e. The number of H-pyrrole nitrogens is 1. The number of aromatic amines is 1. The van der Waals surface area contributed by atoms with Gasteiger partial charge in [-0.25, -0.2) is 4.79 Å². The van der Waals surface area contributed by atoms with Gasteiger partial charge in [0, 0.05) is 11.8 Å². The van der Waals surface area contributed by atoms with Crippen LogP contribution in [0, 0.1) is 0 Å². The highest BCUT2D eigenvalue weighted by Gasteiger charge is 2.00. The number of fused-ring (bicyclic) bond motifs is 1. The summed E-state index contributed by atoms with van der Waals surface area (Å²) in [5.74, 6) is -0.425. The summed E-state index contributed by atoms with van der Waals surface area (Å²) in [6.07, 6.45) is 0. The molecule has 0 atom stereocenters. The molecule has 0 spiro atoms. The van der Waals surface area contributed by atoms with Crippen molar-refractivity contribution in [2.45, 2.75) is 0 Å². The van der Waals surface area contributed by atoms with Gasteiger partial charge in [-0.05, 0) is 19.2 Å². The minimum Gasteiger partial charge on any atom is -0.408 e. The quantitative estimate of drug-likeness (QED) is 0.628. The van der Waals surface area contributed by atoms with E-state index in [1.54, 1.807) is 12.1 Å². The molecule has 0 aliphatic rings. The van der Waals surface area contributed by atoms with Crippen LogP contribution in [-0.2, 0) is 0 Å². The lowest BCUT2D eigenvalue weighted by atomic mass is 10.3. The first-order valence-electron chi connectivity index (χ1n) is 4.31. The fraction of sp³-hybridized carbons (Fsp3) is 0.222. The zero-order chi connectivity index (χ0) is 9.97. The fourth-order valence-electron chi connectivity index (χ4n) is 1.25. The van der Waals surface area contributed by atoms with Gasteiger partial charge < -0.3 is 15.1 Å². The molecule has 0 amide bonds. The molecule has 0 fully saturated rings. The van der Waals surface area contributed by atoms with Crippen LogP contribution in [0.25, 0.3) is 11.1 Å². The maximum Gasteiger partial charge on any atom is 0.417 e. The maximum atomic E-state index is 10.9. The molecule has 5 nitrogen and oxygen atoms in total. The molecule has 0 bridgehead atoms. The summed E-state index contributed by atoms with van der Waals surface area (Å²) >= 11 is 0. The third kappa shape index (κ3) is 1.62. The van der Waals surface area contributed by atoms with Crippen LogP contribution in [0.15, 0.2) is 27.4 Å². The van der Waals surface area contributed by atoms with E-state index in [2.05, 4.69) is 15.6 Å². The molecule has 5 heteroatoms. The monoisotopic (exact) mass is 193 g/mol. The SMILES string of the molecule is CNCNc1ccc2[nH]c(=O)oc2c1. The molecule has 0 saturated heterocycles. The average Bonchev–Trinajstić information content (AvgIpc) is 2.54. The van der Waals surface area contributed by atoms with Crippen LogP contribution in [-0.4, -0.2) is 18.7 Å². The van der Waals surface area contributed by atoms with Gasteiger partial charge in [-0.3, -0.25) is 4.98 Å². The van der Waals surface area contributed by atoms with Crippen LogP contribution in [0.3, 0.4) is 0 Å². The highest BCUT2D eigenvalue weighted by molar-refractivity contribution is 5.76. The van der Waals surface area contributed by atoms with Gasteiger partial charge in [0.15, 0.2) is 5.58 Å². The topological polar surface area (TPSA) is 70.1 Å². The molecule has 0 unspecified atom stereocenters. The summed E-state index contributed by atoms with van der Waals surface area (Å²) in [7, 11) is 1.85. The second-order valence-corrected chi connectivity index (χ2v) is 2.93. The Balaban J connectivity index is 2.35. The van der Waals surface area contributed by atoms with Crippen LogP contribution in [0.5, 0.6) is 0 Å². The molecule has 0 saturated carbocycles. The van der Waals surface area contributed by atoms with Gasteiger partial charge in [0.1, 0.15) is 0 Å². The van der Waals surface area contributed by atoms with Crippen molar-refractivity contribution in [2.75, 3.05) is 19.0 Å². The molecule has 2 aromatic rings. The number of oxazole rings is 1. The first-order valence-corrected chi connectivity index (χ1v) is 4.31. The van der Waals surface area contributed by atoms with E-state index in [0.29, 0.717) is 17.8 Å². The lowest BCUT2D eigenvalue weighted by Gasteiger charge is -2.03. The number of nitrogens with one attached hydrogen (secondary N) is 3. The molecule has 2 rings (SSSR count). The van der Waals surface area contributed by atoms with Crippen LogP contribution in [0.1, 0.15) is 0 Å². The standard InChI is InChI=1S/C9H11N3O2/c1-10-5-11-6-2-3-7-8(4-6)14-9(13)12-7/h2-4,10-11H,5H2,1H3,(H,12,13). The van der Waals surface area contributed by atoms with Gasteiger partial charge in [-0.1, -0.05) is 0 Å². The van der Waals surface area contributed by atoms with Crippen LogP contribution >= 0.6 is 0 Å². The van der Waals surface area contributed by atoms with Crippen molar-refractivity contribution >= 4 is 16.8 Å². The molecule has 1 heterocycles. The lowest BCUT2D eigenvalue weighted by Crippen LogP contribution is -2.16. The molecular formula is C9H11N3O2. The van der Waals surface area contributed by atoms with E-state index >= 15 is 0 Å². The summed E-state index contributed by atoms with van der Waals surface area (Å²) in [5.41, 5.74) is 2.19. The number of aromatic nitrogens is 1. The van der Waals surface area contributed by atoms with Crippen LogP contribution in [0.2, 0.25) is 0 Å². The molecule has 0 radical (unpaired) electrons. The second kappa shape index (κ2) is 3.55. The van der Waals surface area contributed by atoms with Crippen LogP contribution in [0.4, 0.5) is 5.69 Å². The van der Waals surface area contributed by atoms with Crippen LogP contribution < -0.4 is 16.4 Å². The Bertz CT molecular complexity index is 486. The summed E-state index contributed by atoms with van der Waals surface area (Å²) in [4.78, 5) is 13.4. The molecule has 74 valence electrons. The number of anilines is 1. The molecule has 3 N–H and O–H groups in total. The van der Waals surface area contributed by atoms with Crippen molar-refractivity contribution in [3.8, 4) is 0 Å².